The number of rotatable bonds is 5. The number of nitrogens with one attached hydrogen (secondary N) is 1. The van der Waals surface area contributed by atoms with Crippen molar-refractivity contribution in [2.24, 2.45) is 11.7 Å². The summed E-state index contributed by atoms with van der Waals surface area (Å²) in [6.07, 6.45) is 3.92. The molecule has 3 N–H and O–H groups in total. The lowest BCUT2D eigenvalue weighted by Crippen LogP contribution is -2.53. The molecule has 1 amide bonds. The van der Waals surface area contributed by atoms with Crippen molar-refractivity contribution >= 4 is 18.3 Å². The molecule has 1 saturated carbocycles. The number of carbonyl (C=O) groups is 1. The van der Waals surface area contributed by atoms with E-state index in [0.29, 0.717) is 6.54 Å². The van der Waals surface area contributed by atoms with Gasteiger partial charge in [-0.15, -0.1) is 12.4 Å². The molecule has 1 aromatic carbocycles. The Morgan fingerprint density at radius 1 is 1.43 bits per heavy atom. The second-order valence-electron chi connectivity index (χ2n) is 6.74. The fourth-order valence-corrected chi connectivity index (χ4v) is 3.10. The number of hydrogen-bond acceptors (Lipinski definition) is 3. The minimum Gasteiger partial charge on any atom is -0.489 e. The third kappa shape index (κ3) is 5.40. The van der Waals surface area contributed by atoms with Crippen LogP contribution >= 0.6 is 12.4 Å². The quantitative estimate of drug-likeness (QED) is 0.865. The third-order valence-corrected chi connectivity index (χ3v) is 4.56. The van der Waals surface area contributed by atoms with Crippen LogP contribution in [0.4, 0.5) is 0 Å². The summed E-state index contributed by atoms with van der Waals surface area (Å²) < 4.78 is 5.89. The van der Waals surface area contributed by atoms with E-state index in [4.69, 9.17) is 10.5 Å². The Bertz CT molecular complexity index is 519. The average Bonchev–Trinajstić information content (AvgIpc) is 2.47. The summed E-state index contributed by atoms with van der Waals surface area (Å²) in [5, 5.41) is 3.00. The van der Waals surface area contributed by atoms with Crippen LogP contribution in [0.1, 0.15) is 45.1 Å². The lowest BCUT2D eigenvalue weighted by atomic mass is 9.74. The Labute approximate surface area is 145 Å². The van der Waals surface area contributed by atoms with E-state index in [2.05, 4.69) is 5.32 Å². The first-order valence-electron chi connectivity index (χ1n) is 8.19. The predicted octanol–water partition coefficient (Wildman–Crippen LogP) is 3.21. The summed E-state index contributed by atoms with van der Waals surface area (Å²) in [4.78, 5) is 12.4. The van der Waals surface area contributed by atoms with Gasteiger partial charge in [0.05, 0.1) is 12.5 Å². The van der Waals surface area contributed by atoms with Crippen molar-refractivity contribution < 1.29 is 9.53 Å². The van der Waals surface area contributed by atoms with Gasteiger partial charge in [0.1, 0.15) is 11.9 Å². The van der Waals surface area contributed by atoms with Crippen LogP contribution in [0, 0.1) is 12.8 Å². The zero-order valence-corrected chi connectivity index (χ0v) is 15.1. The van der Waals surface area contributed by atoms with Gasteiger partial charge in [0.2, 0.25) is 5.91 Å². The predicted molar refractivity (Wildman–Crippen MR) is 96.1 cm³/mol. The van der Waals surface area contributed by atoms with Crippen LogP contribution in [0.5, 0.6) is 5.75 Å². The average molecular weight is 341 g/mol. The molecule has 3 atom stereocenters. The maximum Gasteiger partial charge on any atom is 0.225 e. The highest BCUT2D eigenvalue weighted by Gasteiger charge is 2.37. The van der Waals surface area contributed by atoms with Crippen LogP contribution < -0.4 is 15.8 Å². The van der Waals surface area contributed by atoms with Crippen LogP contribution in [-0.4, -0.2) is 24.1 Å². The van der Waals surface area contributed by atoms with Crippen molar-refractivity contribution in [1.82, 2.24) is 5.32 Å². The first-order valence-corrected chi connectivity index (χ1v) is 8.19. The number of hydrogen-bond donors (Lipinski definition) is 2. The Kier molecular flexibility index (Phi) is 7.36. The zero-order valence-electron chi connectivity index (χ0n) is 14.3. The molecule has 1 aliphatic carbocycles. The van der Waals surface area contributed by atoms with Gasteiger partial charge in [0.15, 0.2) is 0 Å². The van der Waals surface area contributed by atoms with Crippen LogP contribution in [0.15, 0.2) is 24.3 Å². The van der Waals surface area contributed by atoms with Gasteiger partial charge < -0.3 is 15.8 Å². The van der Waals surface area contributed by atoms with E-state index in [-0.39, 0.29) is 35.9 Å². The molecule has 0 bridgehead atoms. The number of ether oxygens (including phenoxy) is 1. The van der Waals surface area contributed by atoms with Gasteiger partial charge in [-0.1, -0.05) is 31.0 Å². The molecule has 1 aromatic rings. The van der Waals surface area contributed by atoms with Crippen molar-refractivity contribution in [3.63, 3.8) is 0 Å². The third-order valence-electron chi connectivity index (χ3n) is 4.56. The second-order valence-corrected chi connectivity index (χ2v) is 6.74. The number of halogens is 1. The molecule has 0 aromatic heterocycles. The van der Waals surface area contributed by atoms with E-state index < -0.39 is 0 Å². The van der Waals surface area contributed by atoms with E-state index in [1.807, 2.05) is 45.0 Å². The Morgan fingerprint density at radius 3 is 2.78 bits per heavy atom. The largest absolute Gasteiger partial charge is 0.489 e. The van der Waals surface area contributed by atoms with Crippen molar-refractivity contribution in [3.8, 4) is 5.75 Å². The maximum atomic E-state index is 12.4. The van der Waals surface area contributed by atoms with Crippen LogP contribution in [0.25, 0.3) is 0 Å². The Morgan fingerprint density at radius 2 is 2.13 bits per heavy atom. The molecule has 130 valence electrons. The highest BCUT2D eigenvalue weighted by molar-refractivity contribution is 5.85. The van der Waals surface area contributed by atoms with Gasteiger partial charge in [-0.05, 0) is 45.2 Å². The molecule has 4 nitrogen and oxygen atoms in total. The van der Waals surface area contributed by atoms with E-state index in [9.17, 15) is 4.79 Å². The minimum atomic E-state index is -0.386. The molecule has 0 radical (unpaired) electrons. The van der Waals surface area contributed by atoms with Crippen molar-refractivity contribution in [1.29, 1.82) is 0 Å². The number of nitrogens with two attached hydrogens (primary N) is 1. The summed E-state index contributed by atoms with van der Waals surface area (Å²) in [7, 11) is 0. The molecule has 2 rings (SSSR count). The lowest BCUT2D eigenvalue weighted by molar-refractivity contribution is -0.128. The first kappa shape index (κ1) is 19.8. The summed E-state index contributed by atoms with van der Waals surface area (Å²) in [6.45, 7) is 6.47. The molecule has 0 aliphatic heterocycles. The minimum absolute atomic E-state index is 0. The van der Waals surface area contributed by atoms with Crippen LogP contribution in [0.3, 0.4) is 0 Å². The topological polar surface area (TPSA) is 64.3 Å². The Hall–Kier alpha value is -1.26. The van der Waals surface area contributed by atoms with E-state index in [1.165, 1.54) is 0 Å². The first-order chi connectivity index (χ1) is 10.4. The van der Waals surface area contributed by atoms with Crippen molar-refractivity contribution in [2.45, 2.75) is 58.1 Å². The van der Waals surface area contributed by atoms with Crippen molar-refractivity contribution in [3.05, 3.63) is 29.8 Å². The fraction of sp³-hybridized carbons (Fsp3) is 0.611. The van der Waals surface area contributed by atoms with Gasteiger partial charge in [-0.2, -0.15) is 0 Å². The zero-order chi connectivity index (χ0) is 16.2. The van der Waals surface area contributed by atoms with E-state index in [0.717, 1.165) is 37.0 Å². The number of carbonyl (C=O) groups excluding carboxylic acids is 1. The van der Waals surface area contributed by atoms with Gasteiger partial charge >= 0.3 is 0 Å². The second kappa shape index (κ2) is 8.55. The Balaban J connectivity index is 0.00000264. The highest BCUT2D eigenvalue weighted by Crippen LogP contribution is 2.31. The van der Waals surface area contributed by atoms with Gasteiger partial charge in [-0.25, -0.2) is 0 Å². The molecule has 1 aliphatic rings. The fourth-order valence-electron chi connectivity index (χ4n) is 3.10. The van der Waals surface area contributed by atoms with E-state index in [1.54, 1.807) is 0 Å². The standard InChI is InChI=1S/C18H28N2O2.ClH/c1-13-8-4-5-10-16(13)22-14(2)12-20-17(21)15-9-6-7-11-18(15,3)19;/h4-5,8,10,14-15H,6-7,9,11-12,19H2,1-3H3,(H,20,21);1H. The number of aryl methyl sites for hydroxylation is 1. The lowest BCUT2D eigenvalue weighted by Gasteiger charge is -2.37. The number of benzene rings is 1. The van der Waals surface area contributed by atoms with Crippen molar-refractivity contribution in [2.75, 3.05) is 6.54 Å². The van der Waals surface area contributed by atoms with Crippen LogP contribution in [0.2, 0.25) is 0 Å². The summed E-state index contributed by atoms with van der Waals surface area (Å²) >= 11 is 0. The summed E-state index contributed by atoms with van der Waals surface area (Å²) in [5.41, 5.74) is 6.99. The van der Waals surface area contributed by atoms with Gasteiger partial charge in [-0.3, -0.25) is 4.79 Å². The SMILES string of the molecule is Cc1ccccc1OC(C)CNC(=O)C1CCCCC1(C)N.Cl. The molecule has 0 heterocycles. The molecule has 1 fully saturated rings. The molecule has 23 heavy (non-hydrogen) atoms. The van der Waals surface area contributed by atoms with Crippen LogP contribution in [-0.2, 0) is 4.79 Å². The normalized spacial score (nSPS) is 25.1. The summed E-state index contributed by atoms with van der Waals surface area (Å²) in [5.74, 6) is 0.836. The smallest absolute Gasteiger partial charge is 0.225 e. The molecule has 3 unspecified atom stereocenters. The van der Waals surface area contributed by atoms with Gasteiger partial charge in [0.25, 0.3) is 0 Å². The van der Waals surface area contributed by atoms with Gasteiger partial charge in [0, 0.05) is 5.54 Å². The number of amides is 1. The number of para-hydroxylation sites is 1. The monoisotopic (exact) mass is 340 g/mol. The van der Waals surface area contributed by atoms with E-state index >= 15 is 0 Å². The molecule has 0 saturated heterocycles. The molecule has 0 spiro atoms. The molecular weight excluding hydrogens is 312 g/mol. The molecular formula is C18H29ClN2O2. The summed E-state index contributed by atoms with van der Waals surface area (Å²) in [6, 6.07) is 7.91. The maximum absolute atomic E-state index is 12.4. The highest BCUT2D eigenvalue weighted by atomic mass is 35.5. The molecule has 5 heteroatoms.